The van der Waals surface area contributed by atoms with E-state index in [0.29, 0.717) is 0 Å². The Balaban J connectivity index is 4.32. The molecule has 0 aromatic carbocycles. The molecule has 0 heterocycles. The molecule has 18 heavy (non-hydrogen) atoms. The Hall–Kier alpha value is 0.0169. The minimum atomic E-state index is -2.61. The molecule has 0 amide bonds. The lowest BCUT2D eigenvalue weighted by Crippen LogP contribution is -2.61. The molecule has 2 unspecified atom stereocenters. The summed E-state index contributed by atoms with van der Waals surface area (Å²) in [5.74, 6) is 0. The molecule has 0 aliphatic heterocycles. The Labute approximate surface area is 113 Å². The van der Waals surface area contributed by atoms with Gasteiger partial charge in [0.2, 0.25) is 0 Å². The maximum absolute atomic E-state index is 6.06. The Kier molecular flexibility index (Phi) is 9.89. The SMILES string of the molecule is CCCCC(N)CNC(CC)[Si](OC)(OC)OC. The van der Waals surface area contributed by atoms with Crippen LogP contribution in [0.15, 0.2) is 0 Å². The molecule has 0 aliphatic rings. The Bertz CT molecular complexity index is 195. The van der Waals surface area contributed by atoms with Crippen molar-refractivity contribution in [2.75, 3.05) is 27.9 Å². The van der Waals surface area contributed by atoms with Gasteiger partial charge >= 0.3 is 8.80 Å². The first-order valence-corrected chi connectivity index (χ1v) is 8.54. The van der Waals surface area contributed by atoms with E-state index in [0.717, 1.165) is 19.4 Å². The molecule has 0 saturated carbocycles. The molecule has 0 saturated heterocycles. The van der Waals surface area contributed by atoms with E-state index in [-0.39, 0.29) is 11.7 Å². The van der Waals surface area contributed by atoms with Crippen molar-refractivity contribution in [3.63, 3.8) is 0 Å². The van der Waals surface area contributed by atoms with Gasteiger partial charge in [0.15, 0.2) is 0 Å². The van der Waals surface area contributed by atoms with Gasteiger partial charge in [-0.1, -0.05) is 26.7 Å². The van der Waals surface area contributed by atoms with Crippen LogP contribution in [0.5, 0.6) is 0 Å². The molecule has 5 nitrogen and oxygen atoms in total. The van der Waals surface area contributed by atoms with Gasteiger partial charge in [0.25, 0.3) is 0 Å². The zero-order valence-corrected chi connectivity index (χ0v) is 13.5. The van der Waals surface area contributed by atoms with E-state index in [4.69, 9.17) is 19.0 Å². The number of hydrogen-bond acceptors (Lipinski definition) is 5. The third-order valence-electron chi connectivity index (χ3n) is 3.24. The van der Waals surface area contributed by atoms with Crippen molar-refractivity contribution in [2.24, 2.45) is 5.73 Å². The van der Waals surface area contributed by atoms with Crippen molar-refractivity contribution in [1.29, 1.82) is 0 Å². The molecule has 0 rings (SSSR count). The minimum absolute atomic E-state index is 0.0881. The van der Waals surface area contributed by atoms with Crippen LogP contribution in [-0.4, -0.2) is 48.4 Å². The zero-order valence-electron chi connectivity index (χ0n) is 12.5. The van der Waals surface area contributed by atoms with Gasteiger partial charge in [-0.05, 0) is 12.8 Å². The fourth-order valence-electron chi connectivity index (χ4n) is 2.06. The molecule has 6 heteroatoms. The largest absolute Gasteiger partial charge is 0.517 e. The molecular weight excluding hydrogens is 248 g/mol. The maximum Gasteiger partial charge on any atom is 0.517 e. The Morgan fingerprint density at radius 2 is 1.67 bits per heavy atom. The predicted molar refractivity (Wildman–Crippen MR) is 76.4 cm³/mol. The predicted octanol–water partition coefficient (Wildman–Crippen LogP) is 1.29. The van der Waals surface area contributed by atoms with Gasteiger partial charge in [-0.15, -0.1) is 0 Å². The van der Waals surface area contributed by atoms with Gasteiger partial charge in [0.1, 0.15) is 0 Å². The van der Waals surface area contributed by atoms with Gasteiger partial charge < -0.3 is 24.3 Å². The zero-order chi connectivity index (χ0) is 14.0. The van der Waals surface area contributed by atoms with E-state index in [1.807, 2.05) is 0 Å². The molecule has 0 bridgehead atoms. The van der Waals surface area contributed by atoms with Crippen molar-refractivity contribution in [3.8, 4) is 0 Å². The average molecular weight is 278 g/mol. The lowest BCUT2D eigenvalue weighted by molar-refractivity contribution is 0.106. The van der Waals surface area contributed by atoms with Crippen molar-refractivity contribution in [1.82, 2.24) is 5.32 Å². The van der Waals surface area contributed by atoms with Crippen molar-refractivity contribution < 1.29 is 13.3 Å². The van der Waals surface area contributed by atoms with Crippen LogP contribution in [0, 0.1) is 0 Å². The first kappa shape index (κ1) is 18.0. The van der Waals surface area contributed by atoms with E-state index < -0.39 is 8.80 Å². The number of unbranched alkanes of at least 4 members (excludes halogenated alkanes) is 1. The first-order chi connectivity index (χ1) is 8.60. The number of rotatable bonds is 11. The fourth-order valence-corrected chi connectivity index (χ4v) is 4.28. The van der Waals surface area contributed by atoms with Gasteiger partial charge in [0, 0.05) is 33.9 Å². The maximum atomic E-state index is 6.06. The van der Waals surface area contributed by atoms with Crippen LogP contribution < -0.4 is 11.1 Å². The summed E-state index contributed by atoms with van der Waals surface area (Å²) in [5.41, 5.74) is 6.15. The number of nitrogens with one attached hydrogen (secondary N) is 1. The highest BCUT2D eigenvalue weighted by Crippen LogP contribution is 2.14. The third kappa shape index (κ3) is 5.34. The van der Waals surface area contributed by atoms with Gasteiger partial charge in [-0.25, -0.2) is 0 Å². The van der Waals surface area contributed by atoms with E-state index in [1.54, 1.807) is 21.3 Å². The van der Waals surface area contributed by atoms with Gasteiger partial charge in [0.05, 0.1) is 5.67 Å². The summed E-state index contributed by atoms with van der Waals surface area (Å²) >= 11 is 0. The van der Waals surface area contributed by atoms with Crippen LogP contribution in [0.3, 0.4) is 0 Å². The van der Waals surface area contributed by atoms with Crippen LogP contribution in [0.4, 0.5) is 0 Å². The Morgan fingerprint density at radius 1 is 1.11 bits per heavy atom. The van der Waals surface area contributed by atoms with Crippen LogP contribution in [0.1, 0.15) is 39.5 Å². The summed E-state index contributed by atoms with van der Waals surface area (Å²) < 4.78 is 16.5. The molecule has 0 spiro atoms. The van der Waals surface area contributed by atoms with Crippen molar-refractivity contribution in [2.45, 2.75) is 51.2 Å². The summed E-state index contributed by atoms with van der Waals surface area (Å²) in [6.07, 6.45) is 4.28. The van der Waals surface area contributed by atoms with E-state index in [2.05, 4.69) is 19.2 Å². The Morgan fingerprint density at radius 3 is 2.06 bits per heavy atom. The summed E-state index contributed by atoms with van der Waals surface area (Å²) in [5, 5.41) is 3.43. The van der Waals surface area contributed by atoms with Crippen LogP contribution >= 0.6 is 0 Å². The summed E-state index contributed by atoms with van der Waals surface area (Å²) in [6, 6.07) is 0.177. The highest BCUT2D eigenvalue weighted by Gasteiger charge is 2.46. The fraction of sp³-hybridized carbons (Fsp3) is 1.00. The molecule has 0 radical (unpaired) electrons. The number of nitrogens with two attached hydrogens (primary N) is 1. The molecule has 0 aliphatic carbocycles. The normalized spacial score (nSPS) is 15.7. The lowest BCUT2D eigenvalue weighted by Gasteiger charge is -2.33. The van der Waals surface area contributed by atoms with Crippen LogP contribution in [0.2, 0.25) is 0 Å². The third-order valence-corrected chi connectivity index (χ3v) is 6.42. The van der Waals surface area contributed by atoms with E-state index >= 15 is 0 Å². The summed E-state index contributed by atoms with van der Waals surface area (Å²) in [6.45, 7) is 5.03. The molecule has 110 valence electrons. The second-order valence-corrected chi connectivity index (χ2v) is 7.62. The molecule has 3 N–H and O–H groups in total. The first-order valence-electron chi connectivity index (χ1n) is 6.74. The highest BCUT2D eigenvalue weighted by molar-refractivity contribution is 6.62. The second-order valence-electron chi connectivity index (χ2n) is 4.49. The molecule has 0 aromatic heterocycles. The average Bonchev–Trinajstić information content (AvgIpc) is 2.41. The van der Waals surface area contributed by atoms with Gasteiger partial charge in [-0.2, -0.15) is 0 Å². The van der Waals surface area contributed by atoms with Crippen LogP contribution in [-0.2, 0) is 13.3 Å². The molecule has 0 fully saturated rings. The minimum Gasteiger partial charge on any atom is -0.376 e. The van der Waals surface area contributed by atoms with E-state index in [1.165, 1.54) is 12.8 Å². The lowest BCUT2D eigenvalue weighted by atomic mass is 10.1. The summed E-state index contributed by atoms with van der Waals surface area (Å²) in [4.78, 5) is 0. The smallest absolute Gasteiger partial charge is 0.376 e. The molecule has 2 atom stereocenters. The monoisotopic (exact) mass is 278 g/mol. The topological polar surface area (TPSA) is 65.7 Å². The molecule has 0 aromatic rings. The highest BCUT2D eigenvalue weighted by atomic mass is 28.4. The van der Waals surface area contributed by atoms with E-state index in [9.17, 15) is 0 Å². The van der Waals surface area contributed by atoms with Crippen LogP contribution in [0.25, 0.3) is 0 Å². The number of hydrogen-bond donors (Lipinski definition) is 2. The van der Waals surface area contributed by atoms with Crippen molar-refractivity contribution in [3.05, 3.63) is 0 Å². The van der Waals surface area contributed by atoms with Crippen molar-refractivity contribution >= 4 is 8.80 Å². The van der Waals surface area contributed by atoms with Gasteiger partial charge in [-0.3, -0.25) is 0 Å². The quantitative estimate of drug-likeness (QED) is 0.558. The standard InChI is InChI=1S/C12H30N2O3Si/c1-6-8-9-11(13)10-14-12(7-2)18(15-3,16-4)17-5/h11-12,14H,6-10,13H2,1-5H3. The summed E-state index contributed by atoms with van der Waals surface area (Å²) in [7, 11) is 2.31. The second kappa shape index (κ2) is 9.88. The molecular formula is C12H30N2O3Si.